The fourth-order valence-electron chi connectivity index (χ4n) is 1.27. The highest BCUT2D eigenvalue weighted by atomic mass is 16.7. The van der Waals surface area contributed by atoms with E-state index in [1.165, 1.54) is 6.92 Å². The third-order valence-corrected chi connectivity index (χ3v) is 2.01. The Kier molecular flexibility index (Phi) is 2.99. The Morgan fingerprint density at radius 3 is 2.59 bits per heavy atom. The molecule has 0 atom stereocenters. The highest BCUT2D eigenvalue weighted by Crippen LogP contribution is 2.19. The summed E-state index contributed by atoms with van der Waals surface area (Å²) in [5.41, 5.74) is 0.719. The Labute approximate surface area is 96.9 Å². The first-order chi connectivity index (χ1) is 8.20. The molecule has 0 aliphatic heterocycles. The molecule has 0 N–H and O–H groups in total. The van der Waals surface area contributed by atoms with Gasteiger partial charge in [-0.1, -0.05) is 0 Å². The number of aromatic nitrogens is 4. The summed E-state index contributed by atoms with van der Waals surface area (Å²) in [6.45, 7) is 1.28. The molecule has 7 heteroatoms. The lowest BCUT2D eigenvalue weighted by Gasteiger charge is -2.03. The molecule has 0 amide bonds. The fraction of sp³-hybridized carbons (Fsp3) is 0.200. The summed E-state index contributed by atoms with van der Waals surface area (Å²) in [6.07, 6.45) is 0. The minimum Gasteiger partial charge on any atom is -0.497 e. The van der Waals surface area contributed by atoms with Gasteiger partial charge >= 0.3 is 5.97 Å². The molecule has 1 heterocycles. The van der Waals surface area contributed by atoms with Crippen molar-refractivity contribution in [2.45, 2.75) is 6.92 Å². The Morgan fingerprint density at radius 2 is 2.00 bits per heavy atom. The molecule has 0 aliphatic rings. The van der Waals surface area contributed by atoms with Gasteiger partial charge in [0, 0.05) is 12.5 Å². The molecule has 0 fully saturated rings. The molecule has 0 spiro atoms. The predicted molar refractivity (Wildman–Crippen MR) is 57.1 cm³/mol. The van der Waals surface area contributed by atoms with Crippen molar-refractivity contribution < 1.29 is 14.4 Å². The molecule has 0 saturated carbocycles. The van der Waals surface area contributed by atoms with E-state index >= 15 is 0 Å². The van der Waals surface area contributed by atoms with Crippen molar-refractivity contribution in [3.8, 4) is 17.1 Å². The van der Waals surface area contributed by atoms with Crippen molar-refractivity contribution in [1.82, 2.24) is 20.4 Å². The van der Waals surface area contributed by atoms with Gasteiger partial charge in [0.25, 0.3) is 0 Å². The summed E-state index contributed by atoms with van der Waals surface area (Å²) in [4.78, 5) is 16.6. The lowest BCUT2D eigenvalue weighted by atomic mass is 10.2. The lowest BCUT2D eigenvalue weighted by molar-refractivity contribution is -0.143. The molecule has 0 saturated heterocycles. The molecule has 0 unspecified atom stereocenters. The van der Waals surface area contributed by atoms with Crippen molar-refractivity contribution in [3.63, 3.8) is 0 Å². The van der Waals surface area contributed by atoms with E-state index in [1.807, 2.05) is 0 Å². The maximum absolute atomic E-state index is 10.8. The van der Waals surface area contributed by atoms with Crippen LogP contribution in [0.5, 0.6) is 5.75 Å². The first-order valence-corrected chi connectivity index (χ1v) is 4.82. The Morgan fingerprint density at radius 1 is 1.29 bits per heavy atom. The van der Waals surface area contributed by atoms with Crippen molar-refractivity contribution in [1.29, 1.82) is 0 Å². The number of methoxy groups -OCH3 is 1. The summed E-state index contributed by atoms with van der Waals surface area (Å²) in [5, 5.41) is 10.8. The minimum absolute atomic E-state index is 0.350. The van der Waals surface area contributed by atoms with Gasteiger partial charge in [0.1, 0.15) is 5.75 Å². The molecule has 88 valence electrons. The summed E-state index contributed by atoms with van der Waals surface area (Å²) in [6, 6.07) is 7.07. The van der Waals surface area contributed by atoms with Gasteiger partial charge in [-0.3, -0.25) is 0 Å². The summed E-state index contributed by atoms with van der Waals surface area (Å²) in [5.74, 6) is 0.579. The number of hydrogen-bond donors (Lipinski definition) is 0. The van der Waals surface area contributed by atoms with E-state index in [9.17, 15) is 4.79 Å². The van der Waals surface area contributed by atoms with Crippen LogP contribution in [0.25, 0.3) is 11.4 Å². The normalized spacial score (nSPS) is 10.0. The SMILES string of the molecule is COc1ccc(-c2nnnn2OC(C)=O)cc1. The quantitative estimate of drug-likeness (QED) is 0.712. The van der Waals surface area contributed by atoms with Crippen LogP contribution in [0.3, 0.4) is 0 Å². The lowest BCUT2D eigenvalue weighted by Crippen LogP contribution is -2.19. The molecule has 17 heavy (non-hydrogen) atoms. The molecule has 0 radical (unpaired) electrons. The van der Waals surface area contributed by atoms with Gasteiger partial charge < -0.3 is 9.57 Å². The first kappa shape index (κ1) is 11.1. The second-order valence-electron chi connectivity index (χ2n) is 3.19. The molecular weight excluding hydrogens is 224 g/mol. The van der Waals surface area contributed by atoms with Crippen LogP contribution >= 0.6 is 0 Å². The van der Waals surface area contributed by atoms with Crippen LogP contribution in [-0.2, 0) is 4.79 Å². The van der Waals surface area contributed by atoms with Crippen LogP contribution in [0.2, 0.25) is 0 Å². The third-order valence-electron chi connectivity index (χ3n) is 2.01. The van der Waals surface area contributed by atoms with Gasteiger partial charge in [0.05, 0.1) is 7.11 Å². The Bertz CT molecular complexity index is 521. The number of rotatable bonds is 3. The number of ether oxygens (including phenoxy) is 1. The van der Waals surface area contributed by atoms with E-state index in [2.05, 4.69) is 15.5 Å². The predicted octanol–water partition coefficient (Wildman–Crippen LogP) is 0.324. The standard InChI is InChI=1S/C10H10N4O3/c1-7(15)17-14-10(11-12-13-14)8-3-5-9(16-2)6-4-8/h3-6H,1-2H3. The zero-order chi connectivity index (χ0) is 12.3. The van der Waals surface area contributed by atoms with E-state index in [1.54, 1.807) is 31.4 Å². The van der Waals surface area contributed by atoms with Crippen LogP contribution in [-0.4, -0.2) is 33.4 Å². The third kappa shape index (κ3) is 2.39. The Balaban J connectivity index is 2.32. The fourth-order valence-corrected chi connectivity index (χ4v) is 1.27. The van der Waals surface area contributed by atoms with Crippen LogP contribution < -0.4 is 9.57 Å². The molecule has 2 aromatic rings. The van der Waals surface area contributed by atoms with Crippen molar-refractivity contribution in [3.05, 3.63) is 24.3 Å². The topological polar surface area (TPSA) is 79.1 Å². The average Bonchev–Trinajstić information content (AvgIpc) is 2.76. The molecule has 0 bridgehead atoms. The second-order valence-corrected chi connectivity index (χ2v) is 3.19. The van der Waals surface area contributed by atoms with Crippen LogP contribution in [0.4, 0.5) is 0 Å². The molecule has 1 aromatic carbocycles. The van der Waals surface area contributed by atoms with Gasteiger partial charge in [-0.05, 0) is 39.5 Å². The van der Waals surface area contributed by atoms with Gasteiger partial charge in [0.2, 0.25) is 5.82 Å². The van der Waals surface area contributed by atoms with E-state index in [4.69, 9.17) is 9.57 Å². The highest BCUT2D eigenvalue weighted by Gasteiger charge is 2.11. The summed E-state index contributed by atoms with van der Waals surface area (Å²) < 4.78 is 5.04. The molecule has 2 rings (SSSR count). The number of benzene rings is 1. The molecule has 7 nitrogen and oxygen atoms in total. The molecule has 1 aromatic heterocycles. The smallest absolute Gasteiger partial charge is 0.332 e. The van der Waals surface area contributed by atoms with Crippen molar-refractivity contribution in [2.75, 3.05) is 7.11 Å². The number of tetrazole rings is 1. The number of hydrogen-bond acceptors (Lipinski definition) is 6. The monoisotopic (exact) mass is 234 g/mol. The highest BCUT2D eigenvalue weighted by molar-refractivity contribution is 5.66. The van der Waals surface area contributed by atoms with Gasteiger partial charge in [0.15, 0.2) is 0 Å². The largest absolute Gasteiger partial charge is 0.497 e. The minimum atomic E-state index is -0.493. The van der Waals surface area contributed by atoms with Crippen LogP contribution in [0.15, 0.2) is 24.3 Å². The maximum Gasteiger partial charge on any atom is 0.332 e. The first-order valence-electron chi connectivity index (χ1n) is 4.82. The second kappa shape index (κ2) is 4.60. The number of carbonyl (C=O) groups excluding carboxylic acids is 1. The zero-order valence-corrected chi connectivity index (χ0v) is 9.32. The van der Waals surface area contributed by atoms with E-state index in [0.29, 0.717) is 5.82 Å². The van der Waals surface area contributed by atoms with E-state index in [-0.39, 0.29) is 0 Å². The van der Waals surface area contributed by atoms with E-state index in [0.717, 1.165) is 16.2 Å². The summed E-state index contributed by atoms with van der Waals surface area (Å²) in [7, 11) is 1.58. The number of nitrogens with zero attached hydrogens (tertiary/aromatic N) is 4. The number of carbonyl (C=O) groups is 1. The average molecular weight is 234 g/mol. The maximum atomic E-state index is 10.8. The summed E-state index contributed by atoms with van der Waals surface area (Å²) >= 11 is 0. The van der Waals surface area contributed by atoms with Gasteiger partial charge in [-0.2, -0.15) is 0 Å². The van der Waals surface area contributed by atoms with Crippen molar-refractivity contribution in [2.24, 2.45) is 0 Å². The van der Waals surface area contributed by atoms with Crippen LogP contribution in [0.1, 0.15) is 6.92 Å². The molecule has 0 aliphatic carbocycles. The molecular formula is C10H10N4O3. The van der Waals surface area contributed by atoms with Crippen LogP contribution in [0, 0.1) is 0 Å². The zero-order valence-electron chi connectivity index (χ0n) is 9.32. The van der Waals surface area contributed by atoms with E-state index < -0.39 is 5.97 Å². The van der Waals surface area contributed by atoms with Gasteiger partial charge in [-0.25, -0.2) is 4.79 Å². The van der Waals surface area contributed by atoms with Crippen molar-refractivity contribution >= 4 is 5.97 Å². The van der Waals surface area contributed by atoms with Gasteiger partial charge in [-0.15, -0.1) is 5.10 Å². The Hall–Kier alpha value is -2.44.